The molecule has 7 nitrogen and oxygen atoms in total. The van der Waals surface area contributed by atoms with E-state index < -0.39 is 0 Å². The van der Waals surface area contributed by atoms with Gasteiger partial charge in [-0.25, -0.2) is 15.0 Å². The van der Waals surface area contributed by atoms with Gasteiger partial charge in [-0.1, -0.05) is 0 Å². The Morgan fingerprint density at radius 2 is 2.00 bits per heavy atom. The zero-order chi connectivity index (χ0) is 18.4. The Balaban J connectivity index is 1.67. The molecule has 0 aliphatic heterocycles. The van der Waals surface area contributed by atoms with Crippen LogP contribution in [-0.2, 0) is 0 Å². The minimum atomic E-state index is -0.109. The number of rotatable bonds is 4. The maximum Gasteiger partial charge on any atom is 0.275 e. The molecule has 0 radical (unpaired) electrons. The average Bonchev–Trinajstić information content (AvgIpc) is 3.06. The summed E-state index contributed by atoms with van der Waals surface area (Å²) in [5.74, 6) is 1.51. The van der Waals surface area contributed by atoms with Gasteiger partial charge in [0.1, 0.15) is 39.3 Å². The number of hydrogen-bond donors (Lipinski definition) is 1. The molecule has 0 spiro atoms. The van der Waals surface area contributed by atoms with Gasteiger partial charge < -0.3 is 10.1 Å². The predicted molar refractivity (Wildman–Crippen MR) is 106 cm³/mol. The van der Waals surface area contributed by atoms with Crippen molar-refractivity contribution in [1.82, 2.24) is 19.5 Å². The third kappa shape index (κ3) is 2.64. The van der Waals surface area contributed by atoms with Crippen LogP contribution in [0.5, 0.6) is 5.75 Å². The molecule has 27 heavy (non-hydrogen) atoms. The van der Waals surface area contributed by atoms with Gasteiger partial charge in [-0.05, 0) is 43.5 Å². The molecule has 5 rings (SSSR count). The molecule has 4 aromatic rings. The first-order chi connectivity index (χ1) is 13.2. The van der Waals surface area contributed by atoms with E-state index in [2.05, 4.69) is 20.3 Å². The Labute approximate surface area is 158 Å². The number of benzene rings is 1. The summed E-state index contributed by atoms with van der Waals surface area (Å²) in [5, 5.41) is 4.31. The SMILES string of the molecule is COc1ccc(-n2cnc3c(sc4ncnc(NC5CCC5)c43)c2=O)cc1. The van der Waals surface area contributed by atoms with Gasteiger partial charge in [-0.2, -0.15) is 0 Å². The second kappa shape index (κ2) is 6.31. The Morgan fingerprint density at radius 1 is 1.19 bits per heavy atom. The van der Waals surface area contributed by atoms with E-state index in [1.54, 1.807) is 24.3 Å². The number of thiophene rings is 1. The lowest BCUT2D eigenvalue weighted by Gasteiger charge is -2.27. The van der Waals surface area contributed by atoms with Gasteiger partial charge in [0.15, 0.2) is 0 Å². The number of nitrogens with one attached hydrogen (secondary N) is 1. The maximum atomic E-state index is 13.1. The number of hydrogen-bond acceptors (Lipinski definition) is 7. The van der Waals surface area contributed by atoms with Crippen LogP contribution in [0.3, 0.4) is 0 Å². The fraction of sp³-hybridized carbons (Fsp3) is 0.263. The number of methoxy groups -OCH3 is 1. The van der Waals surface area contributed by atoms with Crippen LogP contribution in [-0.4, -0.2) is 32.7 Å². The van der Waals surface area contributed by atoms with E-state index in [-0.39, 0.29) is 5.56 Å². The number of fused-ring (bicyclic) bond motifs is 3. The number of nitrogens with zero attached hydrogens (tertiary/aromatic N) is 4. The molecule has 1 fully saturated rings. The van der Waals surface area contributed by atoms with Gasteiger partial charge in [-0.15, -0.1) is 11.3 Å². The Morgan fingerprint density at radius 3 is 2.70 bits per heavy atom. The highest BCUT2D eigenvalue weighted by Gasteiger charge is 2.21. The van der Waals surface area contributed by atoms with E-state index in [1.165, 1.54) is 17.8 Å². The van der Waals surface area contributed by atoms with E-state index in [0.717, 1.165) is 40.3 Å². The summed E-state index contributed by atoms with van der Waals surface area (Å²) in [5.41, 5.74) is 1.29. The molecule has 1 aliphatic rings. The molecule has 1 N–H and O–H groups in total. The standard InChI is InChI=1S/C19H17N5O2S/c1-26-13-7-5-12(6-8-13)24-10-22-15-14-17(23-11-3-2-4-11)20-9-21-18(14)27-16(15)19(24)25/h5-11H,2-4H2,1H3,(H,20,21,23). The quantitative estimate of drug-likeness (QED) is 0.585. The van der Waals surface area contributed by atoms with E-state index in [1.807, 2.05) is 24.3 Å². The van der Waals surface area contributed by atoms with E-state index in [9.17, 15) is 4.79 Å². The van der Waals surface area contributed by atoms with Crippen molar-refractivity contribution >= 4 is 37.6 Å². The molecule has 0 saturated heterocycles. The molecular formula is C19H17N5O2S. The summed E-state index contributed by atoms with van der Waals surface area (Å²) in [6.45, 7) is 0. The van der Waals surface area contributed by atoms with Gasteiger partial charge in [-0.3, -0.25) is 9.36 Å². The molecule has 1 aliphatic carbocycles. The van der Waals surface area contributed by atoms with Crippen LogP contribution >= 0.6 is 11.3 Å². The van der Waals surface area contributed by atoms with Crippen molar-refractivity contribution in [3.05, 3.63) is 47.3 Å². The molecule has 0 amide bonds. The summed E-state index contributed by atoms with van der Waals surface area (Å²) < 4.78 is 7.31. The largest absolute Gasteiger partial charge is 0.497 e. The maximum absolute atomic E-state index is 13.1. The second-order valence-corrected chi connectivity index (χ2v) is 7.57. The fourth-order valence-corrected chi connectivity index (χ4v) is 4.27. The molecular weight excluding hydrogens is 362 g/mol. The first-order valence-electron chi connectivity index (χ1n) is 8.80. The highest BCUT2D eigenvalue weighted by Crippen LogP contribution is 2.34. The minimum Gasteiger partial charge on any atom is -0.497 e. The number of ether oxygens (including phenoxy) is 1. The molecule has 0 unspecified atom stereocenters. The topological polar surface area (TPSA) is 81.9 Å². The van der Waals surface area contributed by atoms with Gasteiger partial charge in [0.05, 0.1) is 18.2 Å². The lowest BCUT2D eigenvalue weighted by Crippen LogP contribution is -2.27. The van der Waals surface area contributed by atoms with Crippen molar-refractivity contribution in [3.63, 3.8) is 0 Å². The number of aromatic nitrogens is 4. The molecule has 1 saturated carbocycles. The van der Waals surface area contributed by atoms with Crippen molar-refractivity contribution in [2.75, 3.05) is 12.4 Å². The van der Waals surface area contributed by atoms with Crippen LogP contribution in [0.1, 0.15) is 19.3 Å². The summed E-state index contributed by atoms with van der Waals surface area (Å²) in [4.78, 5) is 27.2. The molecule has 3 aromatic heterocycles. The predicted octanol–water partition coefficient (Wildman–Crippen LogP) is 3.36. The molecule has 0 atom stereocenters. The van der Waals surface area contributed by atoms with Crippen LogP contribution in [0.2, 0.25) is 0 Å². The van der Waals surface area contributed by atoms with Crippen molar-refractivity contribution in [1.29, 1.82) is 0 Å². The summed E-state index contributed by atoms with van der Waals surface area (Å²) >= 11 is 1.36. The van der Waals surface area contributed by atoms with Crippen molar-refractivity contribution in [2.24, 2.45) is 0 Å². The van der Waals surface area contributed by atoms with E-state index in [0.29, 0.717) is 16.3 Å². The Bertz CT molecular complexity index is 1190. The zero-order valence-electron chi connectivity index (χ0n) is 14.7. The van der Waals surface area contributed by atoms with Crippen LogP contribution in [0, 0.1) is 0 Å². The first-order valence-corrected chi connectivity index (χ1v) is 9.62. The third-order valence-corrected chi connectivity index (χ3v) is 6.05. The smallest absolute Gasteiger partial charge is 0.275 e. The zero-order valence-corrected chi connectivity index (χ0v) is 15.5. The fourth-order valence-electron chi connectivity index (χ4n) is 3.25. The summed E-state index contributed by atoms with van der Waals surface area (Å²) in [7, 11) is 1.61. The van der Waals surface area contributed by atoms with Gasteiger partial charge in [0, 0.05) is 6.04 Å². The minimum absolute atomic E-state index is 0.109. The van der Waals surface area contributed by atoms with Crippen molar-refractivity contribution in [3.8, 4) is 11.4 Å². The van der Waals surface area contributed by atoms with Crippen LogP contribution < -0.4 is 15.6 Å². The van der Waals surface area contributed by atoms with Gasteiger partial charge in [0.2, 0.25) is 0 Å². The van der Waals surface area contributed by atoms with Crippen molar-refractivity contribution < 1.29 is 4.74 Å². The van der Waals surface area contributed by atoms with Gasteiger partial charge in [0.25, 0.3) is 5.56 Å². The average molecular weight is 379 g/mol. The molecule has 3 heterocycles. The molecule has 1 aromatic carbocycles. The normalized spacial score (nSPS) is 14.4. The van der Waals surface area contributed by atoms with Crippen LogP contribution in [0.4, 0.5) is 5.82 Å². The second-order valence-electron chi connectivity index (χ2n) is 6.57. The lowest BCUT2D eigenvalue weighted by molar-refractivity contribution is 0.414. The molecule has 0 bridgehead atoms. The Kier molecular flexibility index (Phi) is 3.78. The highest BCUT2D eigenvalue weighted by atomic mass is 32.1. The van der Waals surface area contributed by atoms with E-state index >= 15 is 0 Å². The summed E-state index contributed by atoms with van der Waals surface area (Å²) in [6.07, 6.45) is 6.64. The van der Waals surface area contributed by atoms with Crippen molar-refractivity contribution in [2.45, 2.75) is 25.3 Å². The molecule has 136 valence electrons. The lowest BCUT2D eigenvalue weighted by atomic mass is 9.93. The molecule has 8 heteroatoms. The van der Waals surface area contributed by atoms with Gasteiger partial charge >= 0.3 is 0 Å². The van der Waals surface area contributed by atoms with Crippen LogP contribution in [0.15, 0.2) is 41.7 Å². The first kappa shape index (κ1) is 16.2. The summed E-state index contributed by atoms with van der Waals surface area (Å²) in [6, 6.07) is 7.76. The highest BCUT2D eigenvalue weighted by molar-refractivity contribution is 7.25. The monoisotopic (exact) mass is 379 g/mol. The number of anilines is 1. The van der Waals surface area contributed by atoms with Crippen LogP contribution in [0.25, 0.3) is 26.1 Å². The van der Waals surface area contributed by atoms with E-state index in [4.69, 9.17) is 4.74 Å². The third-order valence-electron chi connectivity index (χ3n) is 4.98. The Hall–Kier alpha value is -3.00.